The third-order valence-corrected chi connectivity index (χ3v) is 5.27. The van der Waals surface area contributed by atoms with Crippen LogP contribution in [0.15, 0.2) is 50.6 Å². The van der Waals surface area contributed by atoms with Gasteiger partial charge in [0.1, 0.15) is 0 Å². The highest BCUT2D eigenvalue weighted by atomic mass is 79.9. The second kappa shape index (κ2) is 11.0. The quantitative estimate of drug-likeness (QED) is 0.490. The van der Waals surface area contributed by atoms with E-state index < -0.39 is 0 Å². The first-order valence-corrected chi connectivity index (χ1v) is 10.3. The summed E-state index contributed by atoms with van der Waals surface area (Å²) in [5, 5.41) is 10.6. The van der Waals surface area contributed by atoms with Gasteiger partial charge in [0.15, 0.2) is 5.96 Å². The van der Waals surface area contributed by atoms with E-state index in [1.165, 1.54) is 5.56 Å². The molecule has 1 amide bonds. The van der Waals surface area contributed by atoms with Gasteiger partial charge in [-0.25, -0.2) is 4.99 Å². The molecule has 2 rings (SSSR count). The summed E-state index contributed by atoms with van der Waals surface area (Å²) in [6.45, 7) is 4.58. The number of rotatable bonds is 8. The maximum absolute atomic E-state index is 12.4. The van der Waals surface area contributed by atoms with Gasteiger partial charge >= 0.3 is 0 Å². The second-order valence-corrected chi connectivity index (χ2v) is 7.48. The molecule has 0 fully saturated rings. The highest BCUT2D eigenvalue weighted by molar-refractivity contribution is 9.10. The maximum Gasteiger partial charge on any atom is 0.224 e. The monoisotopic (exact) mass is 436 g/mol. The fourth-order valence-electron chi connectivity index (χ4n) is 2.34. The number of hydrogen-bond donors (Lipinski definition) is 2. The molecule has 0 aliphatic rings. The molecular weight excluding hydrogens is 412 g/mol. The Morgan fingerprint density at radius 1 is 1.27 bits per heavy atom. The predicted molar refractivity (Wildman–Crippen MR) is 112 cm³/mol. The summed E-state index contributed by atoms with van der Waals surface area (Å²) >= 11 is 5.19. The molecule has 0 aliphatic carbocycles. The molecule has 2 aromatic rings. The molecule has 26 heavy (non-hydrogen) atoms. The van der Waals surface area contributed by atoms with Crippen LogP contribution in [0.3, 0.4) is 0 Å². The fourth-order valence-corrected chi connectivity index (χ4v) is 3.41. The van der Waals surface area contributed by atoms with Gasteiger partial charge in [0.2, 0.25) is 5.91 Å². The van der Waals surface area contributed by atoms with E-state index >= 15 is 0 Å². The first kappa shape index (κ1) is 20.5. The first-order chi connectivity index (χ1) is 12.6. The van der Waals surface area contributed by atoms with Crippen molar-refractivity contribution in [1.82, 2.24) is 15.5 Å². The van der Waals surface area contributed by atoms with E-state index in [0.717, 1.165) is 22.5 Å². The molecular formula is C19H25BrN4OS. The third-order valence-electron chi connectivity index (χ3n) is 3.77. The number of aliphatic imine (C=N–C) groups is 1. The van der Waals surface area contributed by atoms with Crippen molar-refractivity contribution in [2.24, 2.45) is 4.99 Å². The Morgan fingerprint density at radius 2 is 2.08 bits per heavy atom. The zero-order valence-electron chi connectivity index (χ0n) is 15.2. The van der Waals surface area contributed by atoms with Gasteiger partial charge < -0.3 is 15.5 Å². The van der Waals surface area contributed by atoms with Gasteiger partial charge in [-0.3, -0.25) is 4.79 Å². The Balaban J connectivity index is 1.79. The molecule has 7 heteroatoms. The van der Waals surface area contributed by atoms with Crippen LogP contribution in [0.25, 0.3) is 0 Å². The molecule has 0 atom stereocenters. The van der Waals surface area contributed by atoms with Crippen LogP contribution in [0, 0.1) is 0 Å². The van der Waals surface area contributed by atoms with Crippen LogP contribution in [-0.2, 0) is 17.9 Å². The summed E-state index contributed by atoms with van der Waals surface area (Å²) in [5.41, 5.74) is 2.29. The number of carbonyl (C=O) groups excluding carboxylic acids is 1. The summed E-state index contributed by atoms with van der Waals surface area (Å²) in [5.74, 6) is 0.835. The number of carbonyl (C=O) groups is 1. The third kappa shape index (κ3) is 6.80. The van der Waals surface area contributed by atoms with Crippen LogP contribution in [-0.4, -0.2) is 36.9 Å². The van der Waals surface area contributed by atoms with Crippen molar-refractivity contribution in [2.75, 3.05) is 20.1 Å². The molecule has 0 bridgehead atoms. The van der Waals surface area contributed by atoms with E-state index in [2.05, 4.69) is 43.0 Å². The van der Waals surface area contributed by atoms with E-state index in [-0.39, 0.29) is 5.91 Å². The second-order valence-electron chi connectivity index (χ2n) is 5.84. The number of benzene rings is 1. The maximum atomic E-state index is 12.4. The van der Waals surface area contributed by atoms with Crippen LogP contribution >= 0.6 is 27.3 Å². The van der Waals surface area contributed by atoms with E-state index in [0.29, 0.717) is 26.1 Å². The lowest BCUT2D eigenvalue weighted by Gasteiger charge is -2.19. The Kier molecular flexibility index (Phi) is 8.64. The number of hydrogen-bond acceptors (Lipinski definition) is 3. The van der Waals surface area contributed by atoms with Crippen LogP contribution in [0.1, 0.15) is 24.5 Å². The predicted octanol–water partition coefficient (Wildman–Crippen LogP) is 3.61. The van der Waals surface area contributed by atoms with E-state index in [1.807, 2.05) is 43.6 Å². The van der Waals surface area contributed by atoms with Gasteiger partial charge in [-0.1, -0.05) is 34.1 Å². The zero-order valence-corrected chi connectivity index (χ0v) is 17.6. The Hall–Kier alpha value is -1.86. The first-order valence-electron chi connectivity index (χ1n) is 8.60. The summed E-state index contributed by atoms with van der Waals surface area (Å²) in [7, 11) is 1.83. The lowest BCUT2D eigenvalue weighted by atomic mass is 10.2. The molecule has 0 saturated heterocycles. The largest absolute Gasteiger partial charge is 0.357 e. The van der Waals surface area contributed by atoms with Crippen molar-refractivity contribution in [3.8, 4) is 0 Å². The SMILES string of the molecule is CCNC(=NCc1ccsc1)NCCC(=O)N(C)Cc1ccccc1Br. The molecule has 0 radical (unpaired) electrons. The van der Waals surface area contributed by atoms with Gasteiger partial charge in [0.25, 0.3) is 0 Å². The Bertz CT molecular complexity index is 718. The number of thiophene rings is 1. The van der Waals surface area contributed by atoms with Crippen LogP contribution in [0.5, 0.6) is 0 Å². The van der Waals surface area contributed by atoms with Crippen molar-refractivity contribution < 1.29 is 4.79 Å². The van der Waals surface area contributed by atoms with Crippen molar-refractivity contribution in [1.29, 1.82) is 0 Å². The molecule has 1 heterocycles. The van der Waals surface area contributed by atoms with E-state index in [9.17, 15) is 4.79 Å². The highest BCUT2D eigenvalue weighted by Gasteiger charge is 2.11. The standard InChI is InChI=1S/C19H25BrN4OS/c1-3-21-19(23-12-15-9-11-26-14-15)22-10-8-18(25)24(2)13-16-6-4-5-7-17(16)20/h4-7,9,11,14H,3,8,10,12-13H2,1-2H3,(H2,21,22,23). The van der Waals surface area contributed by atoms with Gasteiger partial charge in [-0.15, -0.1) is 0 Å². The average molecular weight is 437 g/mol. The lowest BCUT2D eigenvalue weighted by molar-refractivity contribution is -0.130. The molecule has 0 aliphatic heterocycles. The highest BCUT2D eigenvalue weighted by Crippen LogP contribution is 2.17. The molecule has 1 aromatic carbocycles. The molecule has 0 unspecified atom stereocenters. The van der Waals surface area contributed by atoms with E-state index in [1.54, 1.807) is 16.2 Å². The van der Waals surface area contributed by atoms with Crippen LogP contribution in [0.4, 0.5) is 0 Å². The van der Waals surface area contributed by atoms with Crippen molar-refractivity contribution in [2.45, 2.75) is 26.4 Å². The molecule has 2 N–H and O–H groups in total. The molecule has 0 saturated carbocycles. The van der Waals surface area contributed by atoms with Gasteiger partial charge in [-0.2, -0.15) is 11.3 Å². The molecule has 140 valence electrons. The summed E-state index contributed by atoms with van der Waals surface area (Å²) in [6.07, 6.45) is 0.420. The van der Waals surface area contributed by atoms with Gasteiger partial charge in [0, 0.05) is 37.6 Å². The Labute approximate surface area is 167 Å². The summed E-state index contributed by atoms with van der Waals surface area (Å²) < 4.78 is 1.02. The van der Waals surface area contributed by atoms with Gasteiger partial charge in [0.05, 0.1) is 6.54 Å². The normalized spacial score (nSPS) is 11.3. The summed E-state index contributed by atoms with van der Waals surface area (Å²) in [6, 6.07) is 10.0. The fraction of sp³-hybridized carbons (Fsp3) is 0.368. The smallest absolute Gasteiger partial charge is 0.224 e. The minimum Gasteiger partial charge on any atom is -0.357 e. The van der Waals surface area contributed by atoms with Crippen LogP contribution in [0.2, 0.25) is 0 Å². The van der Waals surface area contributed by atoms with Crippen molar-refractivity contribution in [3.05, 3.63) is 56.7 Å². The molecule has 1 aromatic heterocycles. The van der Waals surface area contributed by atoms with Crippen molar-refractivity contribution in [3.63, 3.8) is 0 Å². The minimum absolute atomic E-state index is 0.0990. The number of guanidine groups is 1. The topological polar surface area (TPSA) is 56.7 Å². The van der Waals surface area contributed by atoms with Crippen LogP contribution < -0.4 is 10.6 Å². The van der Waals surface area contributed by atoms with Gasteiger partial charge in [-0.05, 0) is 40.9 Å². The Morgan fingerprint density at radius 3 is 2.77 bits per heavy atom. The average Bonchev–Trinajstić information content (AvgIpc) is 3.15. The number of halogens is 1. The molecule has 0 spiro atoms. The lowest BCUT2D eigenvalue weighted by Crippen LogP contribution is -2.39. The number of nitrogens with one attached hydrogen (secondary N) is 2. The zero-order chi connectivity index (χ0) is 18.8. The van der Waals surface area contributed by atoms with Crippen molar-refractivity contribution >= 4 is 39.1 Å². The molecule has 5 nitrogen and oxygen atoms in total. The summed E-state index contributed by atoms with van der Waals surface area (Å²) in [4.78, 5) is 18.6. The minimum atomic E-state index is 0.0990. The number of amides is 1. The van der Waals surface area contributed by atoms with E-state index in [4.69, 9.17) is 0 Å². The number of nitrogens with zero attached hydrogens (tertiary/aromatic N) is 2.